The van der Waals surface area contributed by atoms with Crippen molar-refractivity contribution >= 4 is 49.2 Å². The predicted octanol–water partition coefficient (Wildman–Crippen LogP) is 3.00. The number of benzene rings is 1. The number of aromatic nitrogens is 1. The maximum absolute atomic E-state index is 12.3. The number of hydrogen-bond acceptors (Lipinski definition) is 4. The number of sulfonamides is 1. The van der Waals surface area contributed by atoms with E-state index < -0.39 is 21.7 Å². The van der Waals surface area contributed by atoms with Gasteiger partial charge in [-0.05, 0) is 30.3 Å². The zero-order chi connectivity index (χ0) is 15.6. The molecule has 9 heteroatoms. The average molecular weight is 392 g/mol. The number of aromatic carboxylic acids is 1. The standard InChI is InChI=1S/C12H8BrClN2O4S/c13-7-3-4-10(8(14)6-7)21(19,20)16-9-2-1-5-15-11(9)12(17)18/h1-6,16H,(H,17,18). The van der Waals surface area contributed by atoms with Crippen LogP contribution in [0.5, 0.6) is 0 Å². The van der Waals surface area contributed by atoms with Gasteiger partial charge in [-0.2, -0.15) is 0 Å². The van der Waals surface area contributed by atoms with Crippen molar-refractivity contribution in [1.82, 2.24) is 4.98 Å². The smallest absolute Gasteiger partial charge is 0.356 e. The molecule has 1 aromatic carbocycles. The second-order valence-electron chi connectivity index (χ2n) is 3.88. The molecule has 0 aliphatic rings. The van der Waals surface area contributed by atoms with Gasteiger partial charge in [0.2, 0.25) is 0 Å². The summed E-state index contributed by atoms with van der Waals surface area (Å²) in [5, 5.41) is 9.01. The van der Waals surface area contributed by atoms with Gasteiger partial charge in [0.1, 0.15) is 4.90 Å². The fourth-order valence-corrected chi connectivity index (χ4v) is 3.66. The summed E-state index contributed by atoms with van der Waals surface area (Å²) >= 11 is 9.07. The summed E-state index contributed by atoms with van der Waals surface area (Å²) in [5.41, 5.74) is -0.529. The number of carbonyl (C=O) groups is 1. The van der Waals surface area contributed by atoms with E-state index in [0.29, 0.717) is 4.47 Å². The lowest BCUT2D eigenvalue weighted by Crippen LogP contribution is -2.16. The Morgan fingerprint density at radius 1 is 1.33 bits per heavy atom. The highest BCUT2D eigenvalue weighted by Crippen LogP contribution is 2.27. The number of anilines is 1. The van der Waals surface area contributed by atoms with Crippen LogP contribution in [0.1, 0.15) is 10.5 Å². The van der Waals surface area contributed by atoms with Crippen molar-refractivity contribution in [3.8, 4) is 0 Å². The lowest BCUT2D eigenvalue weighted by molar-refractivity contribution is 0.0692. The molecule has 0 atom stereocenters. The van der Waals surface area contributed by atoms with Crippen molar-refractivity contribution in [2.75, 3.05) is 4.72 Å². The number of rotatable bonds is 4. The van der Waals surface area contributed by atoms with E-state index in [2.05, 4.69) is 25.6 Å². The van der Waals surface area contributed by atoms with Gasteiger partial charge in [0.15, 0.2) is 5.69 Å². The highest BCUT2D eigenvalue weighted by atomic mass is 79.9. The molecule has 0 amide bonds. The number of carboxylic acid groups (broad SMARTS) is 1. The van der Waals surface area contributed by atoms with Crippen molar-refractivity contribution in [2.45, 2.75) is 4.90 Å². The first-order valence-electron chi connectivity index (χ1n) is 5.47. The van der Waals surface area contributed by atoms with Crippen molar-refractivity contribution < 1.29 is 18.3 Å². The molecule has 2 aromatic rings. The molecule has 0 saturated carbocycles. The van der Waals surface area contributed by atoms with Gasteiger partial charge < -0.3 is 5.11 Å². The van der Waals surface area contributed by atoms with Crippen molar-refractivity contribution in [1.29, 1.82) is 0 Å². The largest absolute Gasteiger partial charge is 0.476 e. The molecule has 0 radical (unpaired) electrons. The van der Waals surface area contributed by atoms with E-state index >= 15 is 0 Å². The topological polar surface area (TPSA) is 96.4 Å². The molecule has 2 rings (SSSR count). The fraction of sp³-hybridized carbons (Fsp3) is 0. The summed E-state index contributed by atoms with van der Waals surface area (Å²) in [6, 6.07) is 6.99. The molecule has 6 nitrogen and oxygen atoms in total. The van der Waals surface area contributed by atoms with Crippen LogP contribution >= 0.6 is 27.5 Å². The molecule has 2 N–H and O–H groups in total. The van der Waals surface area contributed by atoms with Crippen LogP contribution in [0.4, 0.5) is 5.69 Å². The quantitative estimate of drug-likeness (QED) is 0.835. The van der Waals surface area contributed by atoms with Gasteiger partial charge in [-0.3, -0.25) is 4.72 Å². The Hall–Kier alpha value is -1.64. The van der Waals surface area contributed by atoms with E-state index in [0.717, 1.165) is 0 Å². The summed E-state index contributed by atoms with van der Waals surface area (Å²) < 4.78 is 27.4. The highest BCUT2D eigenvalue weighted by Gasteiger charge is 2.21. The van der Waals surface area contributed by atoms with Crippen LogP contribution in [0.15, 0.2) is 45.9 Å². The van der Waals surface area contributed by atoms with E-state index in [9.17, 15) is 13.2 Å². The molecule has 0 aliphatic carbocycles. The molecule has 0 aliphatic heterocycles. The second-order valence-corrected chi connectivity index (χ2v) is 6.86. The van der Waals surface area contributed by atoms with Gasteiger partial charge in [-0.1, -0.05) is 27.5 Å². The maximum Gasteiger partial charge on any atom is 0.356 e. The third kappa shape index (κ3) is 3.52. The number of nitrogens with zero attached hydrogens (tertiary/aromatic N) is 1. The Labute approximate surface area is 134 Å². The van der Waals surface area contributed by atoms with Gasteiger partial charge in [0, 0.05) is 10.7 Å². The summed E-state index contributed by atoms with van der Waals surface area (Å²) in [5.74, 6) is -1.34. The number of halogens is 2. The molecule has 0 bridgehead atoms. The first-order chi connectivity index (χ1) is 9.81. The molecule has 1 heterocycles. The first kappa shape index (κ1) is 15.7. The van der Waals surface area contributed by atoms with E-state index in [-0.39, 0.29) is 15.6 Å². The number of hydrogen-bond donors (Lipinski definition) is 2. The molecule has 0 unspecified atom stereocenters. The number of carboxylic acids is 1. The van der Waals surface area contributed by atoms with Crippen LogP contribution in [0.25, 0.3) is 0 Å². The highest BCUT2D eigenvalue weighted by molar-refractivity contribution is 9.10. The van der Waals surface area contributed by atoms with Crippen molar-refractivity contribution in [3.63, 3.8) is 0 Å². The summed E-state index contributed by atoms with van der Waals surface area (Å²) in [6.07, 6.45) is 1.26. The van der Waals surface area contributed by atoms with Crippen LogP contribution in [-0.2, 0) is 10.0 Å². The zero-order valence-electron chi connectivity index (χ0n) is 10.2. The van der Waals surface area contributed by atoms with Gasteiger partial charge in [0.25, 0.3) is 10.0 Å². The Bertz CT molecular complexity index is 811. The third-order valence-corrected chi connectivity index (χ3v) is 4.78. The maximum atomic E-state index is 12.3. The van der Waals surface area contributed by atoms with E-state index in [1.54, 1.807) is 0 Å². The second kappa shape index (κ2) is 6.00. The van der Waals surface area contributed by atoms with Crippen molar-refractivity contribution in [2.24, 2.45) is 0 Å². The fourth-order valence-electron chi connectivity index (χ4n) is 1.55. The number of pyridine rings is 1. The van der Waals surface area contributed by atoms with Gasteiger partial charge >= 0.3 is 5.97 Å². The molecule has 110 valence electrons. The van der Waals surface area contributed by atoms with Gasteiger partial charge in [0.05, 0.1) is 10.7 Å². The van der Waals surface area contributed by atoms with E-state index in [1.165, 1.54) is 36.5 Å². The molecular weight excluding hydrogens is 384 g/mol. The first-order valence-corrected chi connectivity index (χ1v) is 8.13. The third-order valence-electron chi connectivity index (χ3n) is 2.44. The summed E-state index contributed by atoms with van der Waals surface area (Å²) in [4.78, 5) is 14.5. The summed E-state index contributed by atoms with van der Waals surface area (Å²) in [7, 11) is -4.02. The van der Waals surface area contributed by atoms with E-state index in [1.807, 2.05) is 0 Å². The van der Waals surface area contributed by atoms with Crippen LogP contribution in [0, 0.1) is 0 Å². The zero-order valence-corrected chi connectivity index (χ0v) is 13.4. The lowest BCUT2D eigenvalue weighted by Gasteiger charge is -2.11. The normalized spacial score (nSPS) is 11.1. The van der Waals surface area contributed by atoms with Crippen molar-refractivity contribution in [3.05, 3.63) is 51.7 Å². The average Bonchev–Trinajstić information content (AvgIpc) is 2.37. The van der Waals surface area contributed by atoms with Gasteiger partial charge in [-0.15, -0.1) is 0 Å². The number of nitrogens with one attached hydrogen (secondary N) is 1. The van der Waals surface area contributed by atoms with Crippen LogP contribution < -0.4 is 4.72 Å². The molecular formula is C12H8BrClN2O4S. The Kier molecular flexibility index (Phi) is 4.50. The van der Waals surface area contributed by atoms with E-state index in [4.69, 9.17) is 16.7 Å². The molecule has 1 aromatic heterocycles. The lowest BCUT2D eigenvalue weighted by atomic mass is 10.3. The minimum Gasteiger partial charge on any atom is -0.476 e. The molecule has 0 fully saturated rings. The van der Waals surface area contributed by atoms with Gasteiger partial charge in [-0.25, -0.2) is 18.2 Å². The Balaban J connectivity index is 2.45. The van der Waals surface area contributed by atoms with Crippen LogP contribution in [0.2, 0.25) is 5.02 Å². The van der Waals surface area contributed by atoms with Crippen LogP contribution in [-0.4, -0.2) is 24.5 Å². The Morgan fingerprint density at radius 2 is 2.05 bits per heavy atom. The molecule has 0 saturated heterocycles. The minimum absolute atomic E-state index is 0.0117. The SMILES string of the molecule is O=C(O)c1ncccc1NS(=O)(=O)c1ccc(Br)cc1Cl. The monoisotopic (exact) mass is 390 g/mol. The molecule has 21 heavy (non-hydrogen) atoms. The Morgan fingerprint density at radius 3 is 2.67 bits per heavy atom. The minimum atomic E-state index is -4.02. The molecule has 0 spiro atoms. The summed E-state index contributed by atoms with van der Waals surface area (Å²) in [6.45, 7) is 0. The van der Waals surface area contributed by atoms with Crippen LogP contribution in [0.3, 0.4) is 0 Å². The predicted molar refractivity (Wildman–Crippen MR) is 81.2 cm³/mol.